The van der Waals surface area contributed by atoms with E-state index >= 15 is 0 Å². The van der Waals surface area contributed by atoms with E-state index < -0.39 is 0 Å². The van der Waals surface area contributed by atoms with Crippen molar-refractivity contribution in [3.8, 4) is 0 Å². The van der Waals surface area contributed by atoms with E-state index in [2.05, 4.69) is 32.6 Å². The van der Waals surface area contributed by atoms with Crippen LogP contribution in [0.4, 0.5) is 0 Å². The first-order valence-corrected chi connectivity index (χ1v) is 6.90. The number of piperidine rings is 1. The van der Waals surface area contributed by atoms with Crippen LogP contribution in [0.25, 0.3) is 0 Å². The van der Waals surface area contributed by atoms with Crippen LogP contribution in [0, 0.1) is 11.8 Å². The average molecular weight is 211 g/mol. The van der Waals surface area contributed by atoms with Crippen LogP contribution >= 0.6 is 0 Å². The molecule has 3 unspecified atom stereocenters. The molecule has 1 heterocycles. The molecule has 90 valence electrons. The van der Waals surface area contributed by atoms with Crippen LogP contribution in [-0.2, 0) is 0 Å². The maximum atomic E-state index is 2.71. The molecule has 1 rings (SSSR count). The average Bonchev–Trinajstić information content (AvgIpc) is 2.24. The first-order valence-electron chi connectivity index (χ1n) is 6.90. The van der Waals surface area contributed by atoms with Gasteiger partial charge in [-0.3, -0.25) is 0 Å². The number of hydrogen-bond acceptors (Lipinski definition) is 1. The third kappa shape index (κ3) is 3.79. The molecule has 0 saturated carbocycles. The Morgan fingerprint density at radius 1 is 1.07 bits per heavy atom. The molecule has 0 bridgehead atoms. The van der Waals surface area contributed by atoms with Gasteiger partial charge in [-0.05, 0) is 44.7 Å². The van der Waals surface area contributed by atoms with Gasteiger partial charge in [0.05, 0.1) is 0 Å². The predicted molar refractivity (Wildman–Crippen MR) is 68.1 cm³/mol. The molecule has 0 aromatic carbocycles. The quantitative estimate of drug-likeness (QED) is 0.623. The third-order valence-electron chi connectivity index (χ3n) is 4.40. The van der Waals surface area contributed by atoms with Gasteiger partial charge in [-0.25, -0.2) is 0 Å². The zero-order valence-corrected chi connectivity index (χ0v) is 11.1. The first kappa shape index (κ1) is 13.0. The molecule has 15 heavy (non-hydrogen) atoms. The minimum atomic E-state index is 0.801. The second kappa shape index (κ2) is 6.52. The van der Waals surface area contributed by atoms with Crippen molar-refractivity contribution in [3.05, 3.63) is 0 Å². The number of likely N-dealkylation sites (tertiary alicyclic amines) is 1. The summed E-state index contributed by atoms with van der Waals surface area (Å²) < 4.78 is 0. The molecule has 1 nitrogen and oxygen atoms in total. The van der Waals surface area contributed by atoms with Crippen molar-refractivity contribution in [1.29, 1.82) is 0 Å². The molecule has 0 amide bonds. The van der Waals surface area contributed by atoms with Crippen LogP contribution in [-0.4, -0.2) is 24.0 Å². The summed E-state index contributed by atoms with van der Waals surface area (Å²) >= 11 is 0. The lowest BCUT2D eigenvalue weighted by atomic mass is 9.83. The molecule has 1 heteroatoms. The van der Waals surface area contributed by atoms with Crippen LogP contribution in [0.15, 0.2) is 0 Å². The Labute approximate surface area is 96.2 Å². The molecule has 1 aliphatic heterocycles. The summed E-state index contributed by atoms with van der Waals surface area (Å²) in [5, 5.41) is 0. The molecular weight excluding hydrogens is 182 g/mol. The fraction of sp³-hybridized carbons (Fsp3) is 1.00. The number of rotatable bonds is 5. The van der Waals surface area contributed by atoms with E-state index in [4.69, 9.17) is 0 Å². The first-order chi connectivity index (χ1) is 7.16. The molecule has 0 aliphatic carbocycles. The zero-order valence-electron chi connectivity index (χ0n) is 11.1. The predicted octanol–water partition coefficient (Wildman–Crippen LogP) is 3.93. The van der Waals surface area contributed by atoms with Gasteiger partial charge in [-0.1, -0.05) is 40.0 Å². The van der Waals surface area contributed by atoms with Gasteiger partial charge in [0.25, 0.3) is 0 Å². The van der Waals surface area contributed by atoms with Gasteiger partial charge in [0, 0.05) is 6.04 Å². The van der Waals surface area contributed by atoms with Crippen molar-refractivity contribution in [2.45, 2.75) is 65.8 Å². The minimum Gasteiger partial charge on any atom is -0.300 e. The van der Waals surface area contributed by atoms with E-state index in [1.165, 1.54) is 45.2 Å². The molecule has 0 radical (unpaired) electrons. The van der Waals surface area contributed by atoms with Crippen molar-refractivity contribution >= 4 is 0 Å². The second-order valence-electron chi connectivity index (χ2n) is 5.46. The lowest BCUT2D eigenvalue weighted by Crippen LogP contribution is -2.46. The summed E-state index contributed by atoms with van der Waals surface area (Å²) in [7, 11) is 0. The van der Waals surface area contributed by atoms with Crippen LogP contribution in [0.1, 0.15) is 59.8 Å². The summed E-state index contributed by atoms with van der Waals surface area (Å²) in [4.78, 5) is 2.71. The monoisotopic (exact) mass is 211 g/mol. The fourth-order valence-corrected chi connectivity index (χ4v) is 2.70. The van der Waals surface area contributed by atoms with Crippen molar-refractivity contribution in [1.82, 2.24) is 4.90 Å². The highest BCUT2D eigenvalue weighted by atomic mass is 15.2. The van der Waals surface area contributed by atoms with E-state index in [0.29, 0.717) is 0 Å². The van der Waals surface area contributed by atoms with Crippen LogP contribution in [0.5, 0.6) is 0 Å². The molecule has 0 N–H and O–H groups in total. The molecule has 1 aliphatic rings. The van der Waals surface area contributed by atoms with Gasteiger partial charge in [0.2, 0.25) is 0 Å². The van der Waals surface area contributed by atoms with Gasteiger partial charge in [0.15, 0.2) is 0 Å². The van der Waals surface area contributed by atoms with Crippen LogP contribution in [0.3, 0.4) is 0 Å². The normalized spacial score (nSPS) is 33.2. The molecule has 1 saturated heterocycles. The van der Waals surface area contributed by atoms with E-state index in [0.717, 1.165) is 17.9 Å². The van der Waals surface area contributed by atoms with E-state index in [1.807, 2.05) is 0 Å². The van der Waals surface area contributed by atoms with Gasteiger partial charge in [-0.15, -0.1) is 0 Å². The van der Waals surface area contributed by atoms with E-state index in [1.54, 1.807) is 0 Å². The topological polar surface area (TPSA) is 3.24 Å². The maximum absolute atomic E-state index is 2.71. The highest BCUT2D eigenvalue weighted by molar-refractivity contribution is 4.82. The SMILES string of the molecule is CCCCCCN1CCC(C)C(C)C1C. The summed E-state index contributed by atoms with van der Waals surface area (Å²) in [6, 6.07) is 0.801. The number of hydrogen-bond donors (Lipinski definition) is 0. The smallest absolute Gasteiger partial charge is 0.00951 e. The maximum Gasteiger partial charge on any atom is 0.00951 e. The molecule has 0 aromatic heterocycles. The Morgan fingerprint density at radius 2 is 1.80 bits per heavy atom. The summed E-state index contributed by atoms with van der Waals surface area (Å²) in [5.74, 6) is 1.80. The number of nitrogens with zero attached hydrogens (tertiary/aromatic N) is 1. The third-order valence-corrected chi connectivity index (χ3v) is 4.40. The largest absolute Gasteiger partial charge is 0.300 e. The molecule has 0 spiro atoms. The number of unbranched alkanes of at least 4 members (excludes halogenated alkanes) is 3. The Morgan fingerprint density at radius 3 is 2.47 bits per heavy atom. The van der Waals surface area contributed by atoms with Gasteiger partial charge >= 0.3 is 0 Å². The molecule has 1 fully saturated rings. The van der Waals surface area contributed by atoms with Crippen LogP contribution < -0.4 is 0 Å². The van der Waals surface area contributed by atoms with Crippen molar-refractivity contribution in [3.63, 3.8) is 0 Å². The summed E-state index contributed by atoms with van der Waals surface area (Å²) in [6.07, 6.45) is 6.99. The van der Waals surface area contributed by atoms with Crippen molar-refractivity contribution in [2.75, 3.05) is 13.1 Å². The van der Waals surface area contributed by atoms with Gasteiger partial charge in [-0.2, -0.15) is 0 Å². The Balaban J connectivity index is 2.23. The highest BCUT2D eigenvalue weighted by Gasteiger charge is 2.28. The van der Waals surface area contributed by atoms with E-state index in [-0.39, 0.29) is 0 Å². The lowest BCUT2D eigenvalue weighted by molar-refractivity contribution is 0.0738. The summed E-state index contributed by atoms with van der Waals surface area (Å²) in [5.41, 5.74) is 0. The summed E-state index contributed by atoms with van der Waals surface area (Å²) in [6.45, 7) is 12.2. The Hall–Kier alpha value is -0.0400. The Kier molecular flexibility index (Phi) is 5.66. The lowest BCUT2D eigenvalue weighted by Gasteiger charge is -2.41. The molecular formula is C14H29N. The van der Waals surface area contributed by atoms with Gasteiger partial charge in [0.1, 0.15) is 0 Å². The Bertz CT molecular complexity index is 167. The van der Waals surface area contributed by atoms with Crippen LogP contribution in [0.2, 0.25) is 0 Å². The highest BCUT2D eigenvalue weighted by Crippen LogP contribution is 2.28. The van der Waals surface area contributed by atoms with E-state index in [9.17, 15) is 0 Å². The molecule has 0 aromatic rings. The second-order valence-corrected chi connectivity index (χ2v) is 5.46. The van der Waals surface area contributed by atoms with Gasteiger partial charge < -0.3 is 4.90 Å². The minimum absolute atomic E-state index is 0.801. The van der Waals surface area contributed by atoms with Crippen molar-refractivity contribution < 1.29 is 0 Å². The molecule has 3 atom stereocenters. The fourth-order valence-electron chi connectivity index (χ4n) is 2.70. The van der Waals surface area contributed by atoms with Crippen molar-refractivity contribution in [2.24, 2.45) is 11.8 Å². The standard InChI is InChI=1S/C14H29N/c1-5-6-7-8-10-15-11-9-12(2)13(3)14(15)4/h12-14H,5-11H2,1-4H3. The zero-order chi connectivity index (χ0) is 11.3.